The average molecular weight is 1580 g/mol. The van der Waals surface area contributed by atoms with Gasteiger partial charge >= 0.3 is 0 Å². The van der Waals surface area contributed by atoms with Gasteiger partial charge < -0.3 is 16.2 Å². The molecule has 0 bridgehead atoms. The highest BCUT2D eigenvalue weighted by molar-refractivity contribution is 7.93. The summed E-state index contributed by atoms with van der Waals surface area (Å²) in [6.07, 6.45) is 6.05. The van der Waals surface area contributed by atoms with Gasteiger partial charge in [-0.3, -0.25) is 9.44 Å². The third-order valence-corrected chi connectivity index (χ3v) is 24.6. The van der Waals surface area contributed by atoms with Crippen molar-refractivity contribution in [3.05, 3.63) is 225 Å². The van der Waals surface area contributed by atoms with Crippen molar-refractivity contribution in [1.82, 2.24) is 44.9 Å². The molecule has 0 aliphatic carbocycles. The molecule has 6 aromatic heterocycles. The number of aryl methyl sites for hydroxylation is 1. The number of sulfonamides is 2. The van der Waals surface area contributed by atoms with Gasteiger partial charge in [-0.1, -0.05) is 77.9 Å². The highest BCUT2D eigenvalue weighted by Crippen LogP contribution is 2.46. The molecular weight excluding hydrogens is 1520 g/mol. The Morgan fingerprint density at radius 1 is 0.477 bits per heavy atom. The monoisotopic (exact) mass is 1580 g/mol. The number of ether oxygens (including phenoxy) is 1. The molecule has 556 valence electrons. The molecule has 0 radical (unpaired) electrons. The zero-order chi connectivity index (χ0) is 77.2. The topological polar surface area (TPSA) is 304 Å². The van der Waals surface area contributed by atoms with E-state index in [0.29, 0.717) is 67.9 Å². The molecule has 0 atom stereocenters. The van der Waals surface area contributed by atoms with E-state index in [9.17, 15) is 51.6 Å². The smallest absolute Gasteiger partial charge is 0.267 e. The van der Waals surface area contributed by atoms with E-state index in [1.54, 1.807) is 31.3 Å². The van der Waals surface area contributed by atoms with Crippen LogP contribution in [0, 0.1) is 59.3 Å². The number of nitrogen functional groups attached to an aromatic ring is 2. The maximum Gasteiger partial charge on any atom is 0.267 e. The van der Waals surface area contributed by atoms with Crippen LogP contribution in [-0.2, 0) is 51.2 Å². The summed E-state index contributed by atoms with van der Waals surface area (Å²) in [5.74, 6) is -10.1. The van der Waals surface area contributed by atoms with Crippen LogP contribution in [0.15, 0.2) is 161 Å². The van der Waals surface area contributed by atoms with Gasteiger partial charge in [0, 0.05) is 70.8 Å². The van der Waals surface area contributed by atoms with Crippen molar-refractivity contribution < 1.29 is 69.5 Å². The van der Waals surface area contributed by atoms with Crippen molar-refractivity contribution in [3.63, 3.8) is 0 Å². The first-order valence-corrected chi connectivity index (χ1v) is 39.1. The number of nitrogens with zero attached hydrogens (tertiary/aromatic N) is 9. The Morgan fingerprint density at radius 3 is 1.39 bits per heavy atom. The molecule has 6 aromatic carbocycles. The summed E-state index contributed by atoms with van der Waals surface area (Å²) in [4.78, 5) is 37.3. The fourth-order valence-electron chi connectivity index (χ4n) is 10.7. The van der Waals surface area contributed by atoms with Crippen LogP contribution in [0.1, 0.15) is 86.7 Å². The fourth-order valence-corrected chi connectivity index (χ4v) is 18.0. The summed E-state index contributed by atoms with van der Waals surface area (Å²) in [5, 5.41) is 2.18. The number of hydrogen-bond acceptors (Lipinski definition) is 21. The maximum absolute atomic E-state index is 15.9. The lowest BCUT2D eigenvalue weighted by Gasteiger charge is -2.19. The number of nitrogens with one attached hydrogen (secondary N) is 2. The zero-order valence-corrected chi connectivity index (χ0v) is 62.3. The third-order valence-electron chi connectivity index (χ3n) is 15.9. The van der Waals surface area contributed by atoms with Gasteiger partial charge in [-0.25, -0.2) is 110 Å². The van der Waals surface area contributed by atoms with Gasteiger partial charge in [0.25, 0.3) is 20.0 Å². The van der Waals surface area contributed by atoms with E-state index in [-0.39, 0.29) is 68.0 Å². The summed E-state index contributed by atoms with van der Waals surface area (Å²) in [6.45, 7) is 14.6. The first-order valence-electron chi connectivity index (χ1n) is 32.1. The molecule has 13 rings (SSSR count). The van der Waals surface area contributed by atoms with E-state index in [0.717, 1.165) is 71.4 Å². The van der Waals surface area contributed by atoms with Crippen molar-refractivity contribution in [2.75, 3.05) is 34.1 Å². The zero-order valence-electron chi connectivity index (χ0n) is 57.4. The lowest BCUT2D eigenvalue weighted by Crippen LogP contribution is -2.17. The molecule has 20 nitrogen and oxygen atoms in total. The Labute approximate surface area is 620 Å². The minimum Gasteiger partial charge on any atom is -0.381 e. The van der Waals surface area contributed by atoms with E-state index in [2.05, 4.69) is 39.9 Å². The number of hydrogen-bond donors (Lipinski definition) is 4. The number of rotatable bonds is 16. The number of thiazole rings is 3. The standard InChI is InChI=1S/C25H21F3N4O3S2.C24H21F3N4O2S2.C23H20F3N5O2S2/c26-17-5-2-6-18(27)23(17)37(33,34)13-15-3-1-4-16(20(15)28)21-22(19-7-10-30-25(29)31-19)36-24(32-21)14-8-11-35-12-9-14;1-13-28-11-10-18(29-13)22-21(30-23(34-22)24(2,3)4)15-6-5-7-17(20(15)27)31-35(32,33)19-12-14(25)8-9-16(19)26;1-23(2,3)21-30-18(19(34-21)16-10-11-28-22(27)29-16)12-6-4-9-15(17(12)26)31-35(32,33)20-13(24)7-5-8-14(20)25/h1-7,10,14H,8-9,11-13H2,(H2,29,30,31);5-12,31H,1-4H3;4-11,31H,1-3H3,(H2,27,28,29). The molecule has 0 spiro atoms. The number of benzene rings is 6. The van der Waals surface area contributed by atoms with Crippen molar-refractivity contribution in [2.45, 2.75) is 98.5 Å². The van der Waals surface area contributed by atoms with E-state index in [1.165, 1.54) is 94.9 Å². The lowest BCUT2D eigenvalue weighted by molar-refractivity contribution is 0.0853. The van der Waals surface area contributed by atoms with Crippen LogP contribution in [0.5, 0.6) is 0 Å². The van der Waals surface area contributed by atoms with Crippen molar-refractivity contribution in [1.29, 1.82) is 0 Å². The fraction of sp³-hybridized carbons (Fsp3) is 0.208. The van der Waals surface area contributed by atoms with Crippen molar-refractivity contribution in [2.24, 2.45) is 0 Å². The quantitative estimate of drug-likeness (QED) is 0.0653. The molecule has 1 aliphatic rings. The predicted octanol–water partition coefficient (Wildman–Crippen LogP) is 16.6. The Morgan fingerprint density at radius 2 is 0.907 bits per heavy atom. The summed E-state index contributed by atoms with van der Waals surface area (Å²) >= 11 is 4.00. The first-order chi connectivity index (χ1) is 50.5. The highest BCUT2D eigenvalue weighted by Gasteiger charge is 2.33. The van der Waals surface area contributed by atoms with E-state index in [1.807, 2.05) is 51.0 Å². The summed E-state index contributed by atoms with van der Waals surface area (Å²) in [6, 6.07) is 24.6. The van der Waals surface area contributed by atoms with Crippen LogP contribution in [-0.4, -0.2) is 83.3 Å². The Kier molecular flexibility index (Phi) is 22.8. The third kappa shape index (κ3) is 17.5. The minimum atomic E-state index is -4.78. The van der Waals surface area contributed by atoms with Crippen molar-refractivity contribution in [3.8, 4) is 65.5 Å². The predicted molar refractivity (Wildman–Crippen MR) is 391 cm³/mol. The van der Waals surface area contributed by atoms with Gasteiger partial charge in [0.1, 0.15) is 56.3 Å². The second kappa shape index (κ2) is 31.3. The highest BCUT2D eigenvalue weighted by atomic mass is 32.2. The van der Waals surface area contributed by atoms with Gasteiger partial charge in [0.05, 0.1) is 80.9 Å². The Balaban J connectivity index is 0.000000160. The minimum absolute atomic E-state index is 0.0213. The molecular formula is C72H62F9N13O7S6. The SMILES string of the molecule is CC(C)(C)c1nc(-c2cccc(NS(=O)(=O)c3c(F)cccc3F)c2F)c(-c2ccnc(N)n2)s1.Cc1nccc(-c2sc(C(C)(C)C)nc2-c2cccc(NS(=O)(=O)c3cc(F)ccc3F)c2F)n1.Nc1nccc(-c2sc(C3CCOCC3)nc2-c2cccc(CS(=O)(=O)c3c(F)cccc3F)c2F)n1. The van der Waals surface area contributed by atoms with Gasteiger partial charge in [0.2, 0.25) is 11.9 Å². The molecule has 6 N–H and O–H groups in total. The molecule has 0 saturated carbocycles. The number of sulfone groups is 1. The molecule has 35 heteroatoms. The van der Waals surface area contributed by atoms with Crippen molar-refractivity contribution >= 4 is 87.2 Å². The largest absolute Gasteiger partial charge is 0.381 e. The molecule has 0 amide bonds. The van der Waals surface area contributed by atoms with Gasteiger partial charge in [-0.05, 0) is 111 Å². The maximum atomic E-state index is 15.9. The Hall–Kier alpha value is -10.2. The summed E-state index contributed by atoms with van der Waals surface area (Å²) in [5.41, 5.74) is 11.9. The first kappa shape index (κ1) is 77.9. The Bertz CT molecular complexity index is 5700. The van der Waals surface area contributed by atoms with Crippen LogP contribution in [0.3, 0.4) is 0 Å². The molecule has 1 aliphatic heterocycles. The van der Waals surface area contributed by atoms with Crippen LogP contribution < -0.4 is 20.9 Å². The number of anilines is 4. The van der Waals surface area contributed by atoms with Crippen LogP contribution in [0.2, 0.25) is 0 Å². The summed E-state index contributed by atoms with van der Waals surface area (Å²) < 4.78 is 218. The molecule has 7 heterocycles. The molecule has 1 fully saturated rings. The lowest BCUT2D eigenvalue weighted by atomic mass is 9.98. The number of aromatic nitrogens is 9. The summed E-state index contributed by atoms with van der Waals surface area (Å²) in [7, 11) is -13.9. The number of nitrogens with two attached hydrogens (primary N) is 2. The van der Waals surface area contributed by atoms with Crippen LogP contribution >= 0.6 is 34.0 Å². The van der Waals surface area contributed by atoms with Gasteiger partial charge in [-0.2, -0.15) is 0 Å². The molecule has 0 unspecified atom stereocenters. The normalized spacial score (nSPS) is 13.0. The van der Waals surface area contributed by atoms with E-state index < -0.39 is 114 Å². The number of halogens is 9. The average Bonchev–Trinajstić information content (AvgIpc) is 1.68. The van der Waals surface area contributed by atoms with Gasteiger partial charge in [-0.15, -0.1) is 34.0 Å². The second-order valence-electron chi connectivity index (χ2n) is 25.9. The molecule has 12 aromatic rings. The second-order valence-corrected chi connectivity index (χ2v) is 34.1. The molecule has 1 saturated heterocycles. The molecule has 107 heavy (non-hydrogen) atoms. The van der Waals surface area contributed by atoms with Crippen LogP contribution in [0.4, 0.5) is 62.8 Å². The van der Waals surface area contributed by atoms with E-state index >= 15 is 13.2 Å². The van der Waals surface area contributed by atoms with E-state index in [4.69, 9.17) is 21.2 Å². The van der Waals surface area contributed by atoms with Crippen LogP contribution in [0.25, 0.3) is 65.5 Å². The van der Waals surface area contributed by atoms with Gasteiger partial charge in [0.15, 0.2) is 26.4 Å².